The molecule has 6 heteroatoms. The molecule has 5 nitrogen and oxygen atoms in total. The van der Waals surface area contributed by atoms with Crippen molar-refractivity contribution < 1.29 is 19.0 Å². The molecule has 0 fully saturated rings. The first kappa shape index (κ1) is 18.9. The Hall–Kier alpha value is -1.14. The van der Waals surface area contributed by atoms with Gasteiger partial charge in [0.2, 0.25) is 0 Å². The van der Waals surface area contributed by atoms with Gasteiger partial charge in [0.15, 0.2) is 0 Å². The summed E-state index contributed by atoms with van der Waals surface area (Å²) in [7, 11) is 0. The number of hydrogen-bond acceptors (Lipinski definition) is 5. The highest BCUT2D eigenvalue weighted by Crippen LogP contribution is 2.15. The van der Waals surface area contributed by atoms with Crippen molar-refractivity contribution >= 4 is 26.5 Å². The van der Waals surface area contributed by atoms with E-state index < -0.39 is 0 Å². The highest BCUT2D eigenvalue weighted by Gasteiger charge is 2.05. The number of ether oxygens (including phenoxy) is 3. The Morgan fingerprint density at radius 1 is 1.36 bits per heavy atom. The minimum Gasteiger partial charge on any atom is -0.490 e. The van der Waals surface area contributed by atoms with Crippen molar-refractivity contribution in [1.29, 1.82) is 0 Å². The van der Waals surface area contributed by atoms with E-state index in [0.717, 1.165) is 17.5 Å². The summed E-state index contributed by atoms with van der Waals surface area (Å²) < 4.78 is 16.7. The van der Waals surface area contributed by atoms with E-state index in [1.165, 1.54) is 5.57 Å². The lowest BCUT2D eigenvalue weighted by molar-refractivity contribution is -0.150. The lowest BCUT2D eigenvalue weighted by Crippen LogP contribution is -2.17. The van der Waals surface area contributed by atoms with E-state index in [0.29, 0.717) is 31.5 Å². The van der Waals surface area contributed by atoms with E-state index in [-0.39, 0.29) is 12.6 Å². The number of carbonyl (C=O) groups excluding carboxylic acids is 1. The maximum atomic E-state index is 11.3. The molecule has 0 spiro atoms. The second-order valence-electron chi connectivity index (χ2n) is 5.51. The van der Waals surface area contributed by atoms with Crippen molar-refractivity contribution in [3.05, 3.63) is 23.6 Å². The number of aliphatic imine (C=N–C) groups is 1. The molecule has 0 saturated carbocycles. The summed E-state index contributed by atoms with van der Waals surface area (Å²) >= 11 is 3.41. The quantitative estimate of drug-likeness (QED) is 0.481. The van der Waals surface area contributed by atoms with Crippen LogP contribution >= 0.6 is 15.9 Å². The van der Waals surface area contributed by atoms with Gasteiger partial charge in [0.1, 0.15) is 19.0 Å². The maximum absolute atomic E-state index is 11.3. The number of allylic oxidation sites excluding steroid dienone is 2. The molecule has 22 heavy (non-hydrogen) atoms. The first-order valence-electron chi connectivity index (χ1n) is 7.43. The zero-order chi connectivity index (χ0) is 16.4. The molecule has 124 valence electrons. The topological polar surface area (TPSA) is 57.1 Å². The summed E-state index contributed by atoms with van der Waals surface area (Å²) in [5.74, 6) is 0.678. The molecule has 0 aromatic carbocycles. The van der Waals surface area contributed by atoms with Crippen LogP contribution in [0, 0.1) is 5.92 Å². The van der Waals surface area contributed by atoms with Gasteiger partial charge in [0.05, 0.1) is 24.0 Å². The monoisotopic (exact) mass is 373 g/mol. The number of carbonyl (C=O) groups is 1. The largest absolute Gasteiger partial charge is 0.490 e. The van der Waals surface area contributed by atoms with Crippen molar-refractivity contribution in [2.45, 2.75) is 33.6 Å². The molecule has 1 rings (SSSR count). The SMILES string of the molecule is C/C1=C\C(OCCOCC(=O)OCC(C)C)=C/N=C(Br)CC1. The van der Waals surface area contributed by atoms with Gasteiger partial charge in [0.25, 0.3) is 0 Å². The molecule has 1 aliphatic rings. The predicted molar refractivity (Wildman–Crippen MR) is 90.0 cm³/mol. The van der Waals surface area contributed by atoms with Gasteiger partial charge in [-0.05, 0) is 41.3 Å². The van der Waals surface area contributed by atoms with Crippen LogP contribution in [-0.2, 0) is 19.0 Å². The van der Waals surface area contributed by atoms with Crippen LogP contribution < -0.4 is 0 Å². The van der Waals surface area contributed by atoms with E-state index in [1.54, 1.807) is 6.20 Å². The van der Waals surface area contributed by atoms with Gasteiger partial charge in [-0.25, -0.2) is 9.79 Å². The minimum atomic E-state index is -0.344. The molecule has 0 amide bonds. The van der Waals surface area contributed by atoms with Crippen molar-refractivity contribution in [1.82, 2.24) is 0 Å². The maximum Gasteiger partial charge on any atom is 0.332 e. The van der Waals surface area contributed by atoms with Crippen LogP contribution in [0.1, 0.15) is 33.6 Å². The van der Waals surface area contributed by atoms with Gasteiger partial charge >= 0.3 is 5.97 Å². The second-order valence-corrected chi connectivity index (χ2v) is 6.42. The molecule has 1 aliphatic heterocycles. The van der Waals surface area contributed by atoms with E-state index in [1.807, 2.05) is 19.9 Å². The van der Waals surface area contributed by atoms with Crippen LogP contribution in [0.25, 0.3) is 0 Å². The molecule has 0 N–H and O–H groups in total. The zero-order valence-corrected chi connectivity index (χ0v) is 15.0. The summed E-state index contributed by atoms with van der Waals surface area (Å²) in [6, 6.07) is 0. The lowest BCUT2D eigenvalue weighted by Gasteiger charge is -2.11. The van der Waals surface area contributed by atoms with Gasteiger partial charge in [-0.15, -0.1) is 0 Å². The Labute approximate surface area is 140 Å². The summed E-state index contributed by atoms with van der Waals surface area (Å²) in [5.41, 5.74) is 1.23. The van der Waals surface area contributed by atoms with Gasteiger partial charge in [0, 0.05) is 6.42 Å². The predicted octanol–water partition coefficient (Wildman–Crippen LogP) is 3.59. The Kier molecular flexibility index (Phi) is 9.08. The average molecular weight is 374 g/mol. The molecule has 0 saturated heterocycles. The Morgan fingerprint density at radius 2 is 2.14 bits per heavy atom. The summed E-state index contributed by atoms with van der Waals surface area (Å²) in [4.78, 5) is 15.6. The van der Waals surface area contributed by atoms with E-state index in [2.05, 4.69) is 27.8 Å². The molecular formula is C16H24BrNO4. The number of esters is 1. The summed E-state index contributed by atoms with van der Waals surface area (Å²) in [6.07, 6.45) is 5.50. The second kappa shape index (κ2) is 10.6. The van der Waals surface area contributed by atoms with E-state index in [4.69, 9.17) is 14.2 Å². The molecule has 0 unspecified atom stereocenters. The van der Waals surface area contributed by atoms with Gasteiger partial charge in [-0.2, -0.15) is 0 Å². The fourth-order valence-electron chi connectivity index (χ4n) is 1.60. The third kappa shape index (κ3) is 9.00. The molecule has 0 bridgehead atoms. The van der Waals surface area contributed by atoms with Crippen molar-refractivity contribution in [3.63, 3.8) is 0 Å². The zero-order valence-electron chi connectivity index (χ0n) is 13.4. The Balaban J connectivity index is 2.23. The highest BCUT2D eigenvalue weighted by molar-refractivity contribution is 9.18. The molecule has 0 aromatic rings. The van der Waals surface area contributed by atoms with Gasteiger partial charge in [-0.3, -0.25) is 0 Å². The van der Waals surface area contributed by atoms with Crippen molar-refractivity contribution in [3.8, 4) is 0 Å². The lowest BCUT2D eigenvalue weighted by atomic mass is 10.1. The van der Waals surface area contributed by atoms with Crippen LogP contribution in [0.3, 0.4) is 0 Å². The Bertz CT molecular complexity index is 455. The third-order valence-electron chi connectivity index (χ3n) is 2.74. The first-order valence-corrected chi connectivity index (χ1v) is 8.22. The van der Waals surface area contributed by atoms with Crippen molar-refractivity contribution in [2.24, 2.45) is 10.9 Å². The van der Waals surface area contributed by atoms with Gasteiger partial charge < -0.3 is 14.2 Å². The number of nitrogens with zero attached hydrogens (tertiary/aromatic N) is 1. The van der Waals surface area contributed by atoms with Gasteiger partial charge in [-0.1, -0.05) is 19.4 Å². The van der Waals surface area contributed by atoms with Crippen LogP contribution in [0.2, 0.25) is 0 Å². The van der Waals surface area contributed by atoms with Crippen molar-refractivity contribution in [2.75, 3.05) is 26.4 Å². The smallest absolute Gasteiger partial charge is 0.332 e. The molecule has 1 heterocycles. The summed E-state index contributed by atoms with van der Waals surface area (Å²) in [5, 5.41) is 0. The normalized spacial score (nSPS) is 20.1. The third-order valence-corrected chi connectivity index (χ3v) is 3.34. The van der Waals surface area contributed by atoms with E-state index >= 15 is 0 Å². The number of rotatable bonds is 8. The molecule has 0 aliphatic carbocycles. The van der Waals surface area contributed by atoms with Crippen LogP contribution in [0.4, 0.5) is 0 Å². The number of halogens is 1. The van der Waals surface area contributed by atoms with Crippen LogP contribution in [0.5, 0.6) is 0 Å². The highest BCUT2D eigenvalue weighted by atomic mass is 79.9. The van der Waals surface area contributed by atoms with E-state index in [9.17, 15) is 4.79 Å². The molecule has 0 atom stereocenters. The Morgan fingerprint density at radius 3 is 2.86 bits per heavy atom. The fraction of sp³-hybridized carbons (Fsp3) is 0.625. The molecule has 0 radical (unpaired) electrons. The first-order chi connectivity index (χ1) is 10.5. The van der Waals surface area contributed by atoms with Crippen LogP contribution in [-0.4, -0.2) is 37.0 Å². The molecule has 0 aromatic heterocycles. The minimum absolute atomic E-state index is 0.0479. The average Bonchev–Trinajstić information content (AvgIpc) is 2.46. The fourth-order valence-corrected chi connectivity index (χ4v) is 1.91. The number of hydrogen-bond donors (Lipinski definition) is 0. The summed E-state index contributed by atoms with van der Waals surface area (Å²) in [6.45, 7) is 7.09. The van der Waals surface area contributed by atoms with Crippen LogP contribution in [0.15, 0.2) is 28.6 Å². The molecular weight excluding hydrogens is 350 g/mol. The standard InChI is InChI=1S/C16H24BrNO4/c1-12(2)10-22-16(19)11-20-6-7-21-14-8-13(3)4-5-15(17)18-9-14/h8-9,12H,4-7,10-11H2,1-3H3/b13-8+,14-9+,18-15?.